The molecule has 6 nitrogen and oxygen atoms in total. The van der Waals surface area contributed by atoms with E-state index in [1.807, 2.05) is 0 Å². The van der Waals surface area contributed by atoms with E-state index in [0.717, 1.165) is 31.4 Å². The molecule has 2 aromatic rings. The number of nitrogens with zero attached hydrogens (tertiary/aromatic N) is 1. The summed E-state index contributed by atoms with van der Waals surface area (Å²) in [6.45, 7) is 0. The molecule has 126 valence electrons. The van der Waals surface area contributed by atoms with Gasteiger partial charge in [0.05, 0.1) is 0 Å². The second kappa shape index (κ2) is 5.86. The van der Waals surface area contributed by atoms with Gasteiger partial charge in [0, 0.05) is 24.2 Å². The summed E-state index contributed by atoms with van der Waals surface area (Å²) in [5.74, 6) is -2.58. The van der Waals surface area contributed by atoms with E-state index in [9.17, 15) is 13.6 Å². The molecule has 3 atom stereocenters. The topological polar surface area (TPSA) is 76.4 Å². The predicted octanol–water partition coefficient (Wildman–Crippen LogP) is 2.37. The number of halogens is 2. The van der Waals surface area contributed by atoms with Crippen LogP contribution in [0.4, 0.5) is 8.78 Å². The van der Waals surface area contributed by atoms with Gasteiger partial charge in [-0.25, -0.2) is 13.8 Å². The lowest BCUT2D eigenvalue weighted by Gasteiger charge is -2.20. The largest absolute Gasteiger partial charge is 0.425 e. The fourth-order valence-corrected chi connectivity index (χ4v) is 3.28. The number of rotatable bonds is 4. The zero-order chi connectivity index (χ0) is 16.7. The number of carbonyl (C=O) groups excluding carboxylic acids is 1. The first-order chi connectivity index (χ1) is 11.6. The van der Waals surface area contributed by atoms with Crippen LogP contribution >= 0.6 is 0 Å². The van der Waals surface area contributed by atoms with E-state index >= 15 is 0 Å². The second-order valence-corrected chi connectivity index (χ2v) is 6.03. The van der Waals surface area contributed by atoms with E-state index in [2.05, 4.69) is 15.6 Å². The second-order valence-electron chi connectivity index (χ2n) is 6.03. The number of ether oxygens (including phenoxy) is 1. The first-order valence-corrected chi connectivity index (χ1v) is 7.74. The van der Waals surface area contributed by atoms with Crippen LogP contribution in [-0.2, 0) is 0 Å². The monoisotopic (exact) mass is 335 g/mol. The molecule has 1 aromatic carbocycles. The number of benzene rings is 1. The molecular weight excluding hydrogens is 320 g/mol. The van der Waals surface area contributed by atoms with E-state index in [-0.39, 0.29) is 23.6 Å². The summed E-state index contributed by atoms with van der Waals surface area (Å²) in [6, 6.07) is 3.92. The first kappa shape index (κ1) is 15.1. The normalized spacial score (nSPS) is 25.0. The van der Waals surface area contributed by atoms with Crippen LogP contribution in [0.3, 0.4) is 0 Å². The molecule has 2 aliphatic heterocycles. The molecule has 3 heterocycles. The number of carbonyl (C=O) groups is 1. The molecule has 2 bridgehead atoms. The standard InChI is InChI=1S/C16H15F2N3O3/c17-10-3-2-9(6-11(10)18)23-14-7-19-16(24-14)15(22)21-13-5-8-1-4-12(13)20-8/h2-3,6-8,12-13,20H,1,4-5H2,(H,21,22)/t8-,12+,13-/m1/s1. The third-order valence-electron chi connectivity index (χ3n) is 4.40. The molecule has 1 aromatic heterocycles. The van der Waals surface area contributed by atoms with Crippen molar-refractivity contribution in [2.45, 2.75) is 37.4 Å². The van der Waals surface area contributed by atoms with Crippen LogP contribution < -0.4 is 15.4 Å². The summed E-state index contributed by atoms with van der Waals surface area (Å²) >= 11 is 0. The molecule has 2 N–H and O–H groups in total. The van der Waals surface area contributed by atoms with Crippen molar-refractivity contribution in [3.05, 3.63) is 41.9 Å². The summed E-state index contributed by atoms with van der Waals surface area (Å²) in [5, 5.41) is 6.32. The first-order valence-electron chi connectivity index (χ1n) is 7.74. The molecule has 2 saturated heterocycles. The molecule has 4 rings (SSSR count). The lowest BCUT2D eigenvalue weighted by atomic mass is 9.95. The maximum absolute atomic E-state index is 13.1. The number of hydrogen-bond donors (Lipinski definition) is 2. The van der Waals surface area contributed by atoms with Crippen molar-refractivity contribution in [2.24, 2.45) is 0 Å². The van der Waals surface area contributed by atoms with Crippen LogP contribution in [0, 0.1) is 11.6 Å². The Hall–Kier alpha value is -2.48. The molecule has 0 aliphatic carbocycles. The van der Waals surface area contributed by atoms with Crippen molar-refractivity contribution in [3.8, 4) is 11.7 Å². The van der Waals surface area contributed by atoms with Crippen molar-refractivity contribution in [3.63, 3.8) is 0 Å². The van der Waals surface area contributed by atoms with Crippen LogP contribution in [0.5, 0.6) is 11.7 Å². The molecule has 24 heavy (non-hydrogen) atoms. The highest BCUT2D eigenvalue weighted by atomic mass is 19.2. The number of nitrogens with one attached hydrogen (secondary N) is 2. The van der Waals surface area contributed by atoms with E-state index in [0.29, 0.717) is 12.1 Å². The molecule has 0 radical (unpaired) electrons. The van der Waals surface area contributed by atoms with Gasteiger partial charge in [0.1, 0.15) is 11.9 Å². The Balaban J connectivity index is 1.40. The molecule has 0 saturated carbocycles. The van der Waals surface area contributed by atoms with Gasteiger partial charge in [0.2, 0.25) is 0 Å². The lowest BCUT2D eigenvalue weighted by molar-refractivity contribution is 0.0890. The van der Waals surface area contributed by atoms with Gasteiger partial charge in [0.15, 0.2) is 11.6 Å². The van der Waals surface area contributed by atoms with Crippen molar-refractivity contribution in [1.29, 1.82) is 0 Å². The summed E-state index contributed by atoms with van der Waals surface area (Å²) in [4.78, 5) is 16.0. The zero-order valence-corrected chi connectivity index (χ0v) is 12.6. The summed E-state index contributed by atoms with van der Waals surface area (Å²) in [7, 11) is 0. The number of amides is 1. The highest BCUT2D eigenvalue weighted by Crippen LogP contribution is 2.29. The van der Waals surface area contributed by atoms with Crippen LogP contribution in [0.2, 0.25) is 0 Å². The van der Waals surface area contributed by atoms with Gasteiger partial charge in [-0.15, -0.1) is 0 Å². The van der Waals surface area contributed by atoms with Crippen LogP contribution in [0.15, 0.2) is 28.8 Å². The SMILES string of the molecule is O=C(N[C@@H]1C[C@H]2CC[C@@H]1N2)c1ncc(Oc2ccc(F)c(F)c2)o1. The maximum Gasteiger partial charge on any atom is 0.311 e. The molecular formula is C16H15F2N3O3. The van der Waals surface area contributed by atoms with Gasteiger partial charge in [-0.3, -0.25) is 4.79 Å². The zero-order valence-electron chi connectivity index (χ0n) is 12.6. The molecule has 0 unspecified atom stereocenters. The minimum absolute atomic E-state index is 0.0503. The Labute approximate surface area is 136 Å². The van der Waals surface area contributed by atoms with Crippen molar-refractivity contribution >= 4 is 5.91 Å². The smallest absolute Gasteiger partial charge is 0.311 e. The third-order valence-corrected chi connectivity index (χ3v) is 4.40. The van der Waals surface area contributed by atoms with Gasteiger partial charge >= 0.3 is 11.9 Å². The average molecular weight is 335 g/mol. The minimum Gasteiger partial charge on any atom is -0.425 e. The van der Waals surface area contributed by atoms with Crippen LogP contribution in [0.25, 0.3) is 0 Å². The van der Waals surface area contributed by atoms with Crippen molar-refractivity contribution in [2.75, 3.05) is 0 Å². The fraction of sp³-hybridized carbons (Fsp3) is 0.375. The number of fused-ring (bicyclic) bond motifs is 2. The number of oxazole rings is 1. The summed E-state index contributed by atoms with van der Waals surface area (Å²) < 4.78 is 36.5. The van der Waals surface area contributed by atoms with E-state index in [4.69, 9.17) is 9.15 Å². The number of hydrogen-bond acceptors (Lipinski definition) is 5. The lowest BCUT2D eigenvalue weighted by Crippen LogP contribution is -2.43. The Kier molecular flexibility index (Phi) is 3.68. The average Bonchev–Trinajstić information content (AvgIpc) is 3.27. The Morgan fingerprint density at radius 3 is 2.92 bits per heavy atom. The molecule has 2 aliphatic rings. The van der Waals surface area contributed by atoms with E-state index in [1.54, 1.807) is 0 Å². The van der Waals surface area contributed by atoms with Gasteiger partial charge in [0.25, 0.3) is 5.89 Å². The molecule has 2 fully saturated rings. The van der Waals surface area contributed by atoms with Crippen molar-refractivity contribution in [1.82, 2.24) is 15.6 Å². The molecule has 8 heteroatoms. The predicted molar refractivity (Wildman–Crippen MR) is 78.8 cm³/mol. The fourth-order valence-electron chi connectivity index (χ4n) is 3.28. The van der Waals surface area contributed by atoms with Gasteiger partial charge in [-0.1, -0.05) is 0 Å². The minimum atomic E-state index is -1.03. The summed E-state index contributed by atoms with van der Waals surface area (Å²) in [5.41, 5.74) is 0. The third kappa shape index (κ3) is 2.84. The highest BCUT2D eigenvalue weighted by molar-refractivity contribution is 5.90. The Morgan fingerprint density at radius 2 is 2.21 bits per heavy atom. The van der Waals surface area contributed by atoms with E-state index < -0.39 is 17.5 Å². The molecule has 1 amide bonds. The quantitative estimate of drug-likeness (QED) is 0.897. The van der Waals surface area contributed by atoms with Gasteiger partial charge in [-0.2, -0.15) is 0 Å². The van der Waals surface area contributed by atoms with Crippen molar-refractivity contribution < 1.29 is 22.7 Å². The maximum atomic E-state index is 13.1. The summed E-state index contributed by atoms with van der Waals surface area (Å²) in [6.07, 6.45) is 4.30. The van der Waals surface area contributed by atoms with Crippen LogP contribution in [0.1, 0.15) is 29.9 Å². The van der Waals surface area contributed by atoms with E-state index in [1.165, 1.54) is 12.3 Å². The van der Waals surface area contributed by atoms with Crippen LogP contribution in [-0.4, -0.2) is 29.0 Å². The molecule has 0 spiro atoms. The van der Waals surface area contributed by atoms with Gasteiger partial charge in [-0.05, 0) is 31.4 Å². The van der Waals surface area contributed by atoms with Gasteiger partial charge < -0.3 is 19.8 Å². The Morgan fingerprint density at radius 1 is 1.33 bits per heavy atom. The highest BCUT2D eigenvalue weighted by Gasteiger charge is 2.40. The number of aromatic nitrogens is 1. The Bertz CT molecular complexity index is 780.